The van der Waals surface area contributed by atoms with Crippen molar-refractivity contribution in [1.82, 2.24) is 0 Å². The van der Waals surface area contributed by atoms with Crippen molar-refractivity contribution in [3.63, 3.8) is 0 Å². The van der Waals surface area contributed by atoms with Crippen LogP contribution in [0.5, 0.6) is 0 Å². The zero-order valence-corrected chi connectivity index (χ0v) is 19.1. The van der Waals surface area contributed by atoms with Crippen LogP contribution in [0.2, 0.25) is 0 Å². The molecule has 164 valence electrons. The van der Waals surface area contributed by atoms with E-state index in [-0.39, 0.29) is 17.6 Å². The summed E-state index contributed by atoms with van der Waals surface area (Å²) in [5.41, 5.74) is 2.94. The number of hydrogen-bond acceptors (Lipinski definition) is 3. The van der Waals surface area contributed by atoms with Gasteiger partial charge in [0.05, 0.1) is 18.7 Å². The van der Waals surface area contributed by atoms with Gasteiger partial charge in [0.25, 0.3) is 5.91 Å². The van der Waals surface area contributed by atoms with E-state index in [9.17, 15) is 14.7 Å². The lowest BCUT2D eigenvalue weighted by atomic mass is 9.85. The van der Waals surface area contributed by atoms with Gasteiger partial charge in [-0.1, -0.05) is 87.5 Å². The molecule has 0 saturated heterocycles. The number of ketones is 1. The van der Waals surface area contributed by atoms with E-state index < -0.39 is 11.5 Å². The Labute approximate surface area is 189 Å². The zero-order valence-electron chi connectivity index (χ0n) is 19.1. The molecule has 4 nitrogen and oxygen atoms in total. The van der Waals surface area contributed by atoms with Gasteiger partial charge in [-0.25, -0.2) is 0 Å². The van der Waals surface area contributed by atoms with E-state index in [4.69, 9.17) is 0 Å². The number of rotatable bonds is 5. The van der Waals surface area contributed by atoms with Crippen molar-refractivity contribution in [2.75, 3.05) is 4.90 Å². The molecule has 3 aromatic carbocycles. The third-order valence-corrected chi connectivity index (χ3v) is 6.32. The van der Waals surface area contributed by atoms with Crippen LogP contribution in [-0.2, 0) is 22.4 Å². The highest BCUT2D eigenvalue weighted by molar-refractivity contribution is 6.10. The molecule has 0 spiro atoms. The van der Waals surface area contributed by atoms with Gasteiger partial charge in [0.15, 0.2) is 11.4 Å². The summed E-state index contributed by atoms with van der Waals surface area (Å²) in [4.78, 5) is 28.2. The van der Waals surface area contributed by atoms with Gasteiger partial charge in [-0.05, 0) is 35.1 Å². The molecule has 4 heteroatoms. The molecule has 0 fully saturated rings. The molecule has 0 saturated carbocycles. The van der Waals surface area contributed by atoms with Crippen molar-refractivity contribution in [1.29, 1.82) is 0 Å². The zero-order chi connectivity index (χ0) is 23.1. The quantitative estimate of drug-likeness (QED) is 0.562. The van der Waals surface area contributed by atoms with Crippen LogP contribution in [0.1, 0.15) is 59.8 Å². The standard InChI is InChI=1S/C28H29NO3/c1-19-9-5-6-10-21(19)18-29-24-12-8-7-11-23(24)28(32,26(29)31)17-25(30)20-13-15-22(16-14-20)27(2,3)4/h5-16,32H,17-18H2,1-4H3/t28-/m1/s1. The fourth-order valence-electron chi connectivity index (χ4n) is 4.28. The third kappa shape index (κ3) is 3.87. The van der Waals surface area contributed by atoms with Crippen molar-refractivity contribution in [3.05, 3.63) is 101 Å². The largest absolute Gasteiger partial charge is 0.375 e. The van der Waals surface area contributed by atoms with Crippen LogP contribution in [0.15, 0.2) is 72.8 Å². The molecule has 1 aliphatic rings. The Morgan fingerprint density at radius 2 is 1.56 bits per heavy atom. The lowest BCUT2D eigenvalue weighted by molar-refractivity contribution is -0.136. The fraction of sp³-hybridized carbons (Fsp3) is 0.286. The number of carbonyl (C=O) groups excluding carboxylic acids is 2. The highest BCUT2D eigenvalue weighted by atomic mass is 16.3. The average molecular weight is 428 g/mol. The average Bonchev–Trinajstić information content (AvgIpc) is 2.97. The van der Waals surface area contributed by atoms with Crippen LogP contribution in [0.4, 0.5) is 5.69 Å². The Morgan fingerprint density at radius 3 is 2.22 bits per heavy atom. The highest BCUT2D eigenvalue weighted by Gasteiger charge is 2.50. The van der Waals surface area contributed by atoms with E-state index >= 15 is 0 Å². The van der Waals surface area contributed by atoms with E-state index in [1.54, 1.807) is 29.2 Å². The molecule has 1 amide bonds. The summed E-state index contributed by atoms with van der Waals surface area (Å²) < 4.78 is 0. The summed E-state index contributed by atoms with van der Waals surface area (Å²) in [5, 5.41) is 11.5. The van der Waals surface area contributed by atoms with E-state index in [1.165, 1.54) is 0 Å². The second-order valence-corrected chi connectivity index (χ2v) is 9.62. The van der Waals surface area contributed by atoms with Crippen LogP contribution in [0.25, 0.3) is 0 Å². The number of benzene rings is 3. The minimum absolute atomic E-state index is 0.0177. The highest BCUT2D eigenvalue weighted by Crippen LogP contribution is 2.43. The van der Waals surface area contributed by atoms with Gasteiger partial charge < -0.3 is 10.0 Å². The molecule has 1 N–H and O–H groups in total. The number of para-hydroxylation sites is 1. The number of nitrogens with zero attached hydrogens (tertiary/aromatic N) is 1. The monoisotopic (exact) mass is 427 g/mol. The number of aryl methyl sites for hydroxylation is 1. The molecule has 0 radical (unpaired) electrons. The van der Waals surface area contributed by atoms with Crippen molar-refractivity contribution in [2.24, 2.45) is 0 Å². The van der Waals surface area contributed by atoms with Crippen molar-refractivity contribution in [2.45, 2.75) is 51.7 Å². The minimum atomic E-state index is -1.88. The van der Waals surface area contributed by atoms with Gasteiger partial charge in [0.1, 0.15) is 0 Å². The first-order valence-electron chi connectivity index (χ1n) is 10.9. The molecule has 0 unspecified atom stereocenters. The normalized spacial score (nSPS) is 18.0. The Hall–Kier alpha value is -3.24. The number of carbonyl (C=O) groups is 2. The smallest absolute Gasteiger partial charge is 0.264 e. The maximum atomic E-state index is 13.5. The number of hydrogen-bond donors (Lipinski definition) is 1. The topological polar surface area (TPSA) is 57.6 Å². The fourth-order valence-corrected chi connectivity index (χ4v) is 4.28. The van der Waals surface area contributed by atoms with Gasteiger partial charge in [-0.3, -0.25) is 9.59 Å². The summed E-state index contributed by atoms with van der Waals surface area (Å²) in [5.74, 6) is -0.713. The molecule has 0 aromatic heterocycles. The second-order valence-electron chi connectivity index (χ2n) is 9.62. The van der Waals surface area contributed by atoms with Crippen molar-refractivity contribution >= 4 is 17.4 Å². The molecule has 3 aromatic rings. The number of amides is 1. The van der Waals surface area contributed by atoms with Crippen LogP contribution >= 0.6 is 0 Å². The number of Topliss-reactive ketones (excluding diaryl/α,β-unsaturated/α-hetero) is 1. The molecular formula is C28H29NO3. The molecule has 1 aliphatic heterocycles. The van der Waals surface area contributed by atoms with Gasteiger partial charge in [-0.15, -0.1) is 0 Å². The summed E-state index contributed by atoms with van der Waals surface area (Å²) >= 11 is 0. The summed E-state index contributed by atoms with van der Waals surface area (Å²) in [6.45, 7) is 8.69. The maximum absolute atomic E-state index is 13.5. The van der Waals surface area contributed by atoms with E-state index in [1.807, 2.05) is 55.5 Å². The predicted octanol–water partition coefficient (Wildman–Crippen LogP) is 5.30. The summed E-state index contributed by atoms with van der Waals surface area (Å²) in [6.07, 6.45) is -0.290. The second kappa shape index (κ2) is 8.03. The number of aliphatic hydroxyl groups is 1. The van der Waals surface area contributed by atoms with E-state index in [2.05, 4.69) is 20.8 Å². The molecular weight excluding hydrogens is 398 g/mol. The first-order valence-corrected chi connectivity index (χ1v) is 10.9. The molecule has 1 atom stereocenters. The molecule has 4 rings (SSSR count). The summed E-state index contributed by atoms with van der Waals surface area (Å²) in [7, 11) is 0. The van der Waals surface area contributed by atoms with Gasteiger partial charge in [0, 0.05) is 11.1 Å². The van der Waals surface area contributed by atoms with Crippen LogP contribution in [0, 0.1) is 6.92 Å². The van der Waals surface area contributed by atoms with Crippen LogP contribution < -0.4 is 4.90 Å². The minimum Gasteiger partial charge on any atom is -0.375 e. The Morgan fingerprint density at radius 1 is 0.938 bits per heavy atom. The van der Waals surface area contributed by atoms with Crippen molar-refractivity contribution < 1.29 is 14.7 Å². The van der Waals surface area contributed by atoms with Crippen molar-refractivity contribution in [3.8, 4) is 0 Å². The third-order valence-electron chi connectivity index (χ3n) is 6.32. The summed E-state index contributed by atoms with van der Waals surface area (Å²) in [6, 6.07) is 22.5. The number of anilines is 1. The SMILES string of the molecule is Cc1ccccc1CN1C(=O)[C@@](O)(CC(=O)c2ccc(C(C)(C)C)cc2)c2ccccc21. The van der Waals surface area contributed by atoms with E-state index in [0.29, 0.717) is 23.4 Å². The van der Waals surface area contributed by atoms with Gasteiger partial charge in [0.2, 0.25) is 0 Å². The Balaban J connectivity index is 1.64. The maximum Gasteiger partial charge on any atom is 0.264 e. The molecule has 32 heavy (non-hydrogen) atoms. The Kier molecular flexibility index (Phi) is 5.51. The lowest BCUT2D eigenvalue weighted by Crippen LogP contribution is -2.41. The first-order chi connectivity index (χ1) is 15.1. The van der Waals surface area contributed by atoms with Gasteiger partial charge >= 0.3 is 0 Å². The Bertz CT molecular complexity index is 1170. The lowest BCUT2D eigenvalue weighted by Gasteiger charge is -2.23. The number of fused-ring (bicyclic) bond motifs is 1. The molecule has 0 aliphatic carbocycles. The predicted molar refractivity (Wildman–Crippen MR) is 127 cm³/mol. The van der Waals surface area contributed by atoms with Gasteiger partial charge in [-0.2, -0.15) is 0 Å². The van der Waals surface area contributed by atoms with Crippen LogP contribution in [0.3, 0.4) is 0 Å². The molecule has 1 heterocycles. The first kappa shape index (κ1) is 22.0. The van der Waals surface area contributed by atoms with Crippen LogP contribution in [-0.4, -0.2) is 16.8 Å². The van der Waals surface area contributed by atoms with E-state index in [0.717, 1.165) is 16.7 Å². The molecule has 0 bridgehead atoms.